The first-order valence-electron chi connectivity index (χ1n) is 7.56. The molecule has 3 rings (SSSR count). The summed E-state index contributed by atoms with van der Waals surface area (Å²) in [6.07, 6.45) is 1.13. The first kappa shape index (κ1) is 16.7. The Labute approximate surface area is 140 Å². The molecule has 1 aliphatic carbocycles. The third kappa shape index (κ3) is 2.94. The van der Waals surface area contributed by atoms with Crippen LogP contribution in [0.2, 0.25) is 0 Å². The van der Waals surface area contributed by atoms with Crippen molar-refractivity contribution in [2.45, 2.75) is 38.3 Å². The van der Waals surface area contributed by atoms with Gasteiger partial charge in [-0.2, -0.15) is 9.97 Å². The van der Waals surface area contributed by atoms with Gasteiger partial charge < -0.3 is 20.7 Å². The summed E-state index contributed by atoms with van der Waals surface area (Å²) in [4.78, 5) is 31.3. The van der Waals surface area contributed by atoms with Gasteiger partial charge in [0.2, 0.25) is 11.8 Å². The molecular weight excluding hydrogens is 336 g/mol. The van der Waals surface area contributed by atoms with E-state index in [0.29, 0.717) is 19.3 Å². The van der Waals surface area contributed by atoms with E-state index in [-0.39, 0.29) is 39.6 Å². The molecule has 24 heavy (non-hydrogen) atoms. The van der Waals surface area contributed by atoms with Crippen LogP contribution in [0.5, 0.6) is 5.88 Å². The molecule has 0 aromatic carbocycles. The standard InChI is InChI=1S/C14H18N4O5S/c1-6(20)23-9-4-7(5-19)2-3-8(9)18-11-10(24-14(18)22)12(21)17-13(15)16-11/h7-9,19H,2-5H2,1H3,(H3,15,16,17,21)/t7-,8+,9+/m0/s1. The first-order chi connectivity index (χ1) is 11.4. The lowest BCUT2D eigenvalue weighted by Gasteiger charge is -2.35. The van der Waals surface area contributed by atoms with Crippen LogP contribution in [0.3, 0.4) is 0 Å². The van der Waals surface area contributed by atoms with Crippen molar-refractivity contribution in [3.05, 3.63) is 9.67 Å². The highest BCUT2D eigenvalue weighted by Gasteiger charge is 2.36. The number of carbonyl (C=O) groups excluding carboxylic acids is 1. The van der Waals surface area contributed by atoms with Gasteiger partial charge in [0.05, 0.1) is 6.04 Å². The van der Waals surface area contributed by atoms with E-state index in [0.717, 1.165) is 11.3 Å². The Hall–Kier alpha value is -2.20. The molecule has 0 unspecified atom stereocenters. The highest BCUT2D eigenvalue weighted by molar-refractivity contribution is 7.16. The molecule has 1 aliphatic rings. The van der Waals surface area contributed by atoms with E-state index in [1.165, 1.54) is 11.5 Å². The second kappa shape index (κ2) is 6.36. The third-order valence-electron chi connectivity index (χ3n) is 4.23. The molecule has 2 aromatic rings. The number of anilines is 1. The van der Waals surface area contributed by atoms with Crippen molar-refractivity contribution in [3.8, 4) is 5.88 Å². The Balaban J connectivity index is 2.09. The number of rotatable bonds is 3. The molecule has 0 saturated heterocycles. The van der Waals surface area contributed by atoms with Crippen molar-refractivity contribution in [1.82, 2.24) is 14.5 Å². The number of aliphatic hydroxyl groups is 1. The second-order valence-electron chi connectivity index (χ2n) is 5.87. The number of aliphatic hydroxyl groups excluding tert-OH is 1. The summed E-state index contributed by atoms with van der Waals surface area (Å²) in [6, 6.07) is -0.424. The molecule has 1 saturated carbocycles. The van der Waals surface area contributed by atoms with Gasteiger partial charge >= 0.3 is 10.8 Å². The van der Waals surface area contributed by atoms with Crippen molar-refractivity contribution in [2.24, 2.45) is 5.92 Å². The molecule has 10 heteroatoms. The maximum atomic E-state index is 12.5. The molecule has 0 aliphatic heterocycles. The van der Waals surface area contributed by atoms with Crippen molar-refractivity contribution in [2.75, 3.05) is 12.3 Å². The fraction of sp³-hybridized carbons (Fsp3) is 0.571. The number of nitrogen functional groups attached to an aromatic ring is 1. The molecule has 0 spiro atoms. The lowest BCUT2D eigenvalue weighted by molar-refractivity contribution is -0.151. The molecule has 0 amide bonds. The van der Waals surface area contributed by atoms with Crippen LogP contribution in [0.4, 0.5) is 5.95 Å². The van der Waals surface area contributed by atoms with E-state index in [9.17, 15) is 19.8 Å². The van der Waals surface area contributed by atoms with Crippen LogP contribution in [0.15, 0.2) is 4.79 Å². The van der Waals surface area contributed by atoms with E-state index < -0.39 is 18.1 Å². The zero-order chi connectivity index (χ0) is 17.4. The molecule has 4 N–H and O–H groups in total. The van der Waals surface area contributed by atoms with E-state index in [1.807, 2.05) is 0 Å². The molecule has 1 fully saturated rings. The van der Waals surface area contributed by atoms with Crippen molar-refractivity contribution < 1.29 is 19.7 Å². The van der Waals surface area contributed by atoms with Crippen LogP contribution < -0.4 is 10.6 Å². The number of nitrogens with two attached hydrogens (primary N) is 1. The second-order valence-corrected chi connectivity index (χ2v) is 6.83. The van der Waals surface area contributed by atoms with Crippen molar-refractivity contribution in [1.29, 1.82) is 0 Å². The Bertz CT molecular complexity index is 832. The van der Waals surface area contributed by atoms with Crippen LogP contribution >= 0.6 is 11.3 Å². The van der Waals surface area contributed by atoms with Crippen LogP contribution in [-0.4, -0.2) is 43.4 Å². The summed E-state index contributed by atoms with van der Waals surface area (Å²) in [7, 11) is 0. The SMILES string of the molecule is CC(=O)O[C@@H]1C[C@@H](CO)CC[C@H]1n1c(=O)sc2c(O)nc(N)nc21. The maximum Gasteiger partial charge on any atom is 0.309 e. The van der Waals surface area contributed by atoms with Gasteiger partial charge in [0.1, 0.15) is 10.8 Å². The van der Waals surface area contributed by atoms with Crippen LogP contribution in [0.25, 0.3) is 10.3 Å². The number of aromatic hydroxyl groups is 1. The smallest absolute Gasteiger partial charge is 0.309 e. The average Bonchev–Trinajstić information content (AvgIpc) is 2.83. The fourth-order valence-electron chi connectivity index (χ4n) is 3.21. The van der Waals surface area contributed by atoms with Crippen molar-refractivity contribution >= 4 is 33.6 Å². The number of hydrogen-bond donors (Lipinski definition) is 3. The summed E-state index contributed by atoms with van der Waals surface area (Å²) >= 11 is 0.822. The van der Waals surface area contributed by atoms with E-state index in [2.05, 4.69) is 9.97 Å². The third-order valence-corrected chi connectivity index (χ3v) is 5.17. The number of aromatic nitrogens is 3. The molecule has 9 nitrogen and oxygen atoms in total. The largest absolute Gasteiger partial charge is 0.492 e. The van der Waals surface area contributed by atoms with Gasteiger partial charge in [-0.25, -0.2) is 0 Å². The molecule has 3 atom stereocenters. The number of ether oxygens (including phenoxy) is 1. The Morgan fingerprint density at radius 3 is 2.88 bits per heavy atom. The number of fused-ring (bicyclic) bond motifs is 1. The van der Waals surface area contributed by atoms with Gasteiger partial charge in [-0.3, -0.25) is 14.2 Å². The predicted octanol–water partition coefficient (Wildman–Crippen LogP) is 0.406. The number of thiazole rings is 1. The van der Waals surface area contributed by atoms with E-state index in [4.69, 9.17) is 10.5 Å². The Morgan fingerprint density at radius 1 is 1.46 bits per heavy atom. The Kier molecular flexibility index (Phi) is 4.41. The molecular formula is C14H18N4O5S. The van der Waals surface area contributed by atoms with Gasteiger partial charge in [-0.1, -0.05) is 11.3 Å². The zero-order valence-electron chi connectivity index (χ0n) is 13.0. The quantitative estimate of drug-likeness (QED) is 0.673. The number of nitrogens with zero attached hydrogens (tertiary/aromatic N) is 3. The number of carbonyl (C=O) groups is 1. The lowest BCUT2D eigenvalue weighted by Crippen LogP contribution is -2.38. The van der Waals surface area contributed by atoms with Crippen molar-refractivity contribution in [3.63, 3.8) is 0 Å². The molecule has 0 bridgehead atoms. The monoisotopic (exact) mass is 354 g/mol. The zero-order valence-corrected chi connectivity index (χ0v) is 13.8. The minimum atomic E-state index is -0.553. The topological polar surface area (TPSA) is 141 Å². The van der Waals surface area contributed by atoms with Gasteiger partial charge in [-0.15, -0.1) is 0 Å². The number of esters is 1. The fourth-order valence-corrected chi connectivity index (χ4v) is 4.08. The van der Waals surface area contributed by atoms with Gasteiger partial charge in [0, 0.05) is 13.5 Å². The maximum absolute atomic E-state index is 12.5. The minimum Gasteiger partial charge on any atom is -0.492 e. The average molecular weight is 354 g/mol. The highest BCUT2D eigenvalue weighted by atomic mass is 32.1. The normalized spacial score (nSPS) is 24.2. The van der Waals surface area contributed by atoms with Crippen LogP contribution in [-0.2, 0) is 9.53 Å². The first-order valence-corrected chi connectivity index (χ1v) is 8.38. The molecule has 130 valence electrons. The lowest BCUT2D eigenvalue weighted by atomic mass is 9.84. The molecule has 0 radical (unpaired) electrons. The minimum absolute atomic E-state index is 0.000323. The van der Waals surface area contributed by atoms with Gasteiger partial charge in [0.25, 0.3) is 0 Å². The van der Waals surface area contributed by atoms with E-state index >= 15 is 0 Å². The van der Waals surface area contributed by atoms with Crippen LogP contribution in [0.1, 0.15) is 32.2 Å². The van der Waals surface area contributed by atoms with Gasteiger partial charge in [0.15, 0.2) is 5.65 Å². The highest BCUT2D eigenvalue weighted by Crippen LogP contribution is 2.37. The van der Waals surface area contributed by atoms with Gasteiger partial charge in [-0.05, 0) is 25.2 Å². The van der Waals surface area contributed by atoms with E-state index in [1.54, 1.807) is 0 Å². The number of hydrogen-bond acceptors (Lipinski definition) is 9. The molecule has 2 heterocycles. The molecule has 2 aromatic heterocycles. The predicted molar refractivity (Wildman–Crippen MR) is 86.8 cm³/mol. The summed E-state index contributed by atoms with van der Waals surface area (Å²) in [5.74, 6) is -0.918. The summed E-state index contributed by atoms with van der Waals surface area (Å²) in [5.41, 5.74) is 5.82. The van der Waals surface area contributed by atoms with Crippen LogP contribution in [0, 0.1) is 5.92 Å². The Morgan fingerprint density at radius 2 is 2.21 bits per heavy atom. The summed E-state index contributed by atoms with van der Waals surface area (Å²) in [5, 5.41) is 19.3. The summed E-state index contributed by atoms with van der Waals surface area (Å²) in [6.45, 7) is 1.31. The summed E-state index contributed by atoms with van der Waals surface area (Å²) < 4.78 is 7.05.